The number of carbonyl (C=O) groups excluding carboxylic acids is 1. The number of rotatable bonds is 5. The lowest BCUT2D eigenvalue weighted by molar-refractivity contribution is -0.123. The highest BCUT2D eigenvalue weighted by molar-refractivity contribution is 5.77. The Bertz CT molecular complexity index is 588. The van der Waals surface area contributed by atoms with Gasteiger partial charge in [0, 0.05) is 12.6 Å². The summed E-state index contributed by atoms with van der Waals surface area (Å²) in [4.78, 5) is 11.6. The third-order valence-electron chi connectivity index (χ3n) is 2.67. The van der Waals surface area contributed by atoms with Crippen molar-refractivity contribution in [2.24, 2.45) is 0 Å². The number of nitrogens with one attached hydrogen (secondary N) is 1. The lowest BCUT2D eigenvalue weighted by atomic mass is 10.2. The summed E-state index contributed by atoms with van der Waals surface area (Å²) in [6.45, 7) is 0.210. The molecule has 0 saturated heterocycles. The van der Waals surface area contributed by atoms with Crippen LogP contribution in [0.15, 0.2) is 48.5 Å². The molecule has 0 fully saturated rings. The van der Waals surface area contributed by atoms with Crippen molar-refractivity contribution in [1.82, 2.24) is 5.32 Å². The van der Waals surface area contributed by atoms with E-state index in [9.17, 15) is 9.18 Å². The maximum absolute atomic E-state index is 13.0. The first-order chi connectivity index (χ1) is 9.65. The van der Waals surface area contributed by atoms with E-state index in [2.05, 4.69) is 5.32 Å². The van der Waals surface area contributed by atoms with Crippen LogP contribution in [0.3, 0.4) is 0 Å². The largest absolute Gasteiger partial charge is 0.482 e. The zero-order chi connectivity index (χ0) is 14.4. The van der Waals surface area contributed by atoms with Crippen LogP contribution < -0.4 is 15.8 Å². The lowest BCUT2D eigenvalue weighted by Crippen LogP contribution is -2.28. The summed E-state index contributed by atoms with van der Waals surface area (Å²) in [6.07, 6.45) is 0. The lowest BCUT2D eigenvalue weighted by Gasteiger charge is -2.09. The summed E-state index contributed by atoms with van der Waals surface area (Å²) in [5, 5.41) is 2.70. The molecule has 0 saturated carbocycles. The van der Waals surface area contributed by atoms with Crippen LogP contribution in [0.5, 0.6) is 5.75 Å². The number of anilines is 1. The van der Waals surface area contributed by atoms with Crippen molar-refractivity contribution in [2.75, 3.05) is 12.3 Å². The Morgan fingerprint density at radius 1 is 1.20 bits per heavy atom. The predicted molar refractivity (Wildman–Crippen MR) is 74.6 cm³/mol. The van der Waals surface area contributed by atoms with Crippen molar-refractivity contribution in [3.8, 4) is 5.75 Å². The molecule has 0 radical (unpaired) electrons. The van der Waals surface area contributed by atoms with Gasteiger partial charge in [-0.3, -0.25) is 4.79 Å². The van der Waals surface area contributed by atoms with Gasteiger partial charge in [-0.15, -0.1) is 0 Å². The minimum absolute atomic E-state index is 0.167. The quantitative estimate of drug-likeness (QED) is 0.821. The fourth-order valence-electron chi connectivity index (χ4n) is 1.62. The topological polar surface area (TPSA) is 64.3 Å². The first-order valence-electron chi connectivity index (χ1n) is 6.13. The first-order valence-corrected chi connectivity index (χ1v) is 6.13. The maximum Gasteiger partial charge on any atom is 0.258 e. The molecule has 0 aliphatic rings. The third kappa shape index (κ3) is 3.98. The number of benzene rings is 2. The average molecular weight is 274 g/mol. The second-order valence-corrected chi connectivity index (χ2v) is 4.23. The molecule has 0 spiro atoms. The Morgan fingerprint density at radius 3 is 2.70 bits per heavy atom. The van der Waals surface area contributed by atoms with Crippen LogP contribution in [0.2, 0.25) is 0 Å². The number of hydrogen-bond acceptors (Lipinski definition) is 3. The van der Waals surface area contributed by atoms with Gasteiger partial charge in [-0.2, -0.15) is 0 Å². The molecule has 2 aromatic carbocycles. The number of nitrogen functional groups attached to an aromatic ring is 1. The number of ether oxygens (including phenoxy) is 1. The number of hydrogen-bond donors (Lipinski definition) is 2. The second-order valence-electron chi connectivity index (χ2n) is 4.23. The highest BCUT2D eigenvalue weighted by Crippen LogP contribution is 2.21. The van der Waals surface area contributed by atoms with E-state index >= 15 is 0 Å². The van der Waals surface area contributed by atoms with Crippen molar-refractivity contribution < 1.29 is 13.9 Å². The summed E-state index contributed by atoms with van der Waals surface area (Å²) in [5.74, 6) is -0.587. The Morgan fingerprint density at radius 2 is 1.95 bits per heavy atom. The minimum atomic E-state index is -0.459. The summed E-state index contributed by atoms with van der Waals surface area (Å²) < 4.78 is 18.2. The van der Waals surface area contributed by atoms with E-state index < -0.39 is 5.82 Å². The van der Waals surface area contributed by atoms with E-state index in [4.69, 9.17) is 10.5 Å². The highest BCUT2D eigenvalue weighted by Gasteiger charge is 2.06. The van der Waals surface area contributed by atoms with Crippen LogP contribution >= 0.6 is 0 Å². The fraction of sp³-hybridized carbons (Fsp3) is 0.133. The molecular formula is C15H15FN2O2. The van der Waals surface area contributed by atoms with Crippen molar-refractivity contribution in [2.45, 2.75) is 6.54 Å². The minimum Gasteiger partial charge on any atom is -0.482 e. The molecule has 1 amide bonds. The fourth-order valence-corrected chi connectivity index (χ4v) is 1.62. The molecule has 0 bridgehead atoms. The molecule has 2 rings (SSSR count). The maximum atomic E-state index is 13.0. The van der Waals surface area contributed by atoms with E-state index in [0.29, 0.717) is 12.2 Å². The Balaban J connectivity index is 1.82. The Kier molecular flexibility index (Phi) is 4.55. The van der Waals surface area contributed by atoms with Gasteiger partial charge in [0.15, 0.2) is 6.61 Å². The molecule has 2 aromatic rings. The summed E-state index contributed by atoms with van der Waals surface area (Å²) in [6, 6.07) is 13.3. The molecule has 0 unspecified atom stereocenters. The zero-order valence-corrected chi connectivity index (χ0v) is 10.8. The number of amides is 1. The molecule has 5 heteroatoms. The van der Waals surface area contributed by atoms with Crippen LogP contribution in [0, 0.1) is 5.82 Å². The first kappa shape index (κ1) is 13.9. The van der Waals surface area contributed by atoms with Crippen molar-refractivity contribution in [1.29, 1.82) is 0 Å². The number of carbonyl (C=O) groups is 1. The highest BCUT2D eigenvalue weighted by atomic mass is 19.1. The molecule has 4 nitrogen and oxygen atoms in total. The average Bonchev–Trinajstić information content (AvgIpc) is 2.47. The monoisotopic (exact) mass is 274 g/mol. The summed E-state index contributed by atoms with van der Waals surface area (Å²) in [7, 11) is 0. The van der Waals surface area contributed by atoms with Crippen LogP contribution in [0.4, 0.5) is 10.1 Å². The second kappa shape index (κ2) is 6.56. The number of nitrogens with two attached hydrogens (primary N) is 1. The summed E-state index contributed by atoms with van der Waals surface area (Å²) >= 11 is 0. The number of halogens is 1. The van der Waals surface area contributed by atoms with Gasteiger partial charge in [-0.1, -0.05) is 30.3 Å². The van der Waals surface area contributed by atoms with Gasteiger partial charge in [-0.25, -0.2) is 4.39 Å². The molecule has 0 atom stereocenters. The van der Waals surface area contributed by atoms with Crippen LogP contribution in [-0.4, -0.2) is 12.5 Å². The van der Waals surface area contributed by atoms with Crippen LogP contribution in [-0.2, 0) is 11.3 Å². The molecule has 0 heterocycles. The van der Waals surface area contributed by atoms with E-state index in [0.717, 1.165) is 11.6 Å². The SMILES string of the molecule is Nc1ccc(F)cc1OCC(=O)NCc1ccccc1. The van der Waals surface area contributed by atoms with Crippen molar-refractivity contribution in [3.05, 3.63) is 59.9 Å². The van der Waals surface area contributed by atoms with E-state index in [1.807, 2.05) is 30.3 Å². The van der Waals surface area contributed by atoms with Gasteiger partial charge in [0.1, 0.15) is 11.6 Å². The van der Waals surface area contributed by atoms with Crippen molar-refractivity contribution >= 4 is 11.6 Å². The molecular weight excluding hydrogens is 259 g/mol. The van der Waals surface area contributed by atoms with Crippen molar-refractivity contribution in [3.63, 3.8) is 0 Å². The van der Waals surface area contributed by atoms with E-state index in [1.54, 1.807) is 0 Å². The molecule has 20 heavy (non-hydrogen) atoms. The van der Waals surface area contributed by atoms with Gasteiger partial charge < -0.3 is 15.8 Å². The third-order valence-corrected chi connectivity index (χ3v) is 2.67. The van der Waals surface area contributed by atoms with E-state index in [1.165, 1.54) is 12.1 Å². The molecule has 3 N–H and O–H groups in total. The van der Waals surface area contributed by atoms with Crippen LogP contribution in [0.25, 0.3) is 0 Å². The molecule has 0 aliphatic carbocycles. The van der Waals surface area contributed by atoms with Gasteiger partial charge in [-0.05, 0) is 17.7 Å². The Labute approximate surface area is 116 Å². The molecule has 104 valence electrons. The van der Waals surface area contributed by atoms with Gasteiger partial charge in [0.25, 0.3) is 5.91 Å². The van der Waals surface area contributed by atoms with Gasteiger partial charge in [0.2, 0.25) is 0 Å². The zero-order valence-electron chi connectivity index (χ0n) is 10.8. The normalized spacial score (nSPS) is 10.1. The summed E-state index contributed by atoms with van der Waals surface area (Å²) in [5.41, 5.74) is 6.90. The molecule has 0 aliphatic heterocycles. The predicted octanol–water partition coefficient (Wildman–Crippen LogP) is 2.10. The molecule has 0 aromatic heterocycles. The smallest absolute Gasteiger partial charge is 0.258 e. The van der Waals surface area contributed by atoms with Gasteiger partial charge in [0.05, 0.1) is 5.69 Å². The standard InChI is InChI=1S/C15H15FN2O2/c16-12-6-7-13(17)14(8-12)20-10-15(19)18-9-11-4-2-1-3-5-11/h1-8H,9-10,17H2,(H,18,19). The van der Waals surface area contributed by atoms with Crippen LogP contribution in [0.1, 0.15) is 5.56 Å². The Hall–Kier alpha value is -2.56. The van der Waals surface area contributed by atoms with E-state index in [-0.39, 0.29) is 18.3 Å². The van der Waals surface area contributed by atoms with Gasteiger partial charge >= 0.3 is 0 Å².